The number of aliphatic carboxylic acids is 1. The monoisotopic (exact) mass is 256 g/mol. The molecule has 3 nitrogen and oxygen atoms in total. The van der Waals surface area contributed by atoms with Crippen LogP contribution in [0.25, 0.3) is 0 Å². The molecule has 0 aromatic rings. The summed E-state index contributed by atoms with van der Waals surface area (Å²) < 4.78 is 5.85. The summed E-state index contributed by atoms with van der Waals surface area (Å²) >= 11 is 2.23. The highest BCUT2D eigenvalue weighted by molar-refractivity contribution is 14.1. The van der Waals surface area contributed by atoms with E-state index in [1.807, 2.05) is 0 Å². The Morgan fingerprint density at radius 1 is 1.70 bits per heavy atom. The molecule has 0 atom stereocenters. The average molecular weight is 256 g/mol. The number of hydrogen-bond acceptors (Lipinski definition) is 2. The van der Waals surface area contributed by atoms with Crippen LogP contribution in [0, 0.1) is 0 Å². The van der Waals surface area contributed by atoms with Gasteiger partial charge in [0.2, 0.25) is 0 Å². The van der Waals surface area contributed by atoms with Gasteiger partial charge >= 0.3 is 5.97 Å². The van der Waals surface area contributed by atoms with E-state index >= 15 is 0 Å². The lowest BCUT2D eigenvalue weighted by atomic mass is 10.5. The van der Waals surface area contributed by atoms with Crippen LogP contribution in [0.2, 0.25) is 0 Å². The van der Waals surface area contributed by atoms with Gasteiger partial charge in [-0.25, -0.2) is 4.79 Å². The lowest BCUT2D eigenvalue weighted by Gasteiger charge is -1.94. The van der Waals surface area contributed by atoms with Crippen molar-refractivity contribution < 1.29 is 14.6 Å². The Hall–Kier alpha value is -0.260. The van der Waals surface area contributed by atoms with Crippen molar-refractivity contribution in [2.24, 2.45) is 0 Å². The Morgan fingerprint density at radius 2 is 2.40 bits per heavy atom. The summed E-state index contributed by atoms with van der Waals surface area (Å²) in [5, 5.41) is 8.10. The first-order valence-corrected chi connectivity index (χ1v) is 4.37. The van der Waals surface area contributed by atoms with Crippen LogP contribution in [0.1, 0.15) is 6.42 Å². The van der Waals surface area contributed by atoms with Gasteiger partial charge in [-0.15, -0.1) is 0 Å². The van der Waals surface area contributed by atoms with E-state index in [-0.39, 0.29) is 0 Å². The molecule has 0 saturated carbocycles. The van der Waals surface area contributed by atoms with Crippen LogP contribution < -0.4 is 0 Å². The van der Waals surface area contributed by atoms with Crippen LogP contribution in [0.15, 0.2) is 12.3 Å². The van der Waals surface area contributed by atoms with Gasteiger partial charge in [0.1, 0.15) is 0 Å². The second-order valence-corrected chi connectivity index (χ2v) is 2.63. The highest BCUT2D eigenvalue weighted by Crippen LogP contribution is 1.89. The Kier molecular flexibility index (Phi) is 6.68. The van der Waals surface area contributed by atoms with Gasteiger partial charge in [-0.2, -0.15) is 0 Å². The number of rotatable bonds is 5. The molecular weight excluding hydrogens is 247 g/mol. The van der Waals surface area contributed by atoms with Gasteiger partial charge in [0.15, 0.2) is 0 Å². The SMILES string of the molecule is O=C(O)/C=C/OCCCI. The van der Waals surface area contributed by atoms with Gasteiger partial charge in [0.05, 0.1) is 18.9 Å². The molecule has 0 aliphatic heterocycles. The summed E-state index contributed by atoms with van der Waals surface area (Å²) in [6.45, 7) is 0.590. The topological polar surface area (TPSA) is 46.5 Å². The van der Waals surface area contributed by atoms with Gasteiger partial charge in [-0.3, -0.25) is 0 Å². The van der Waals surface area contributed by atoms with Gasteiger partial charge in [-0.1, -0.05) is 22.6 Å². The molecule has 0 aliphatic rings. The molecule has 0 saturated heterocycles. The Labute approximate surface area is 73.2 Å². The standard InChI is InChI=1S/C6H9IO3/c7-3-1-4-10-5-2-6(8)9/h2,5H,1,3-4H2,(H,8,9)/b5-2+. The molecule has 0 aromatic heterocycles. The molecule has 0 fully saturated rings. The summed E-state index contributed by atoms with van der Waals surface area (Å²) in [4.78, 5) is 9.86. The fourth-order valence-electron chi connectivity index (χ4n) is 0.312. The molecule has 0 amide bonds. The Balaban J connectivity index is 3.10. The van der Waals surface area contributed by atoms with Gasteiger partial charge in [0.25, 0.3) is 0 Å². The van der Waals surface area contributed by atoms with E-state index in [9.17, 15) is 4.79 Å². The zero-order valence-electron chi connectivity index (χ0n) is 5.42. The maximum Gasteiger partial charge on any atom is 0.331 e. The molecule has 58 valence electrons. The zero-order chi connectivity index (χ0) is 7.82. The minimum atomic E-state index is -0.977. The molecule has 4 heteroatoms. The fraction of sp³-hybridized carbons (Fsp3) is 0.500. The Morgan fingerprint density at radius 3 is 2.90 bits per heavy atom. The normalized spacial score (nSPS) is 10.1. The molecule has 0 aromatic carbocycles. The van der Waals surface area contributed by atoms with Crippen LogP contribution >= 0.6 is 22.6 Å². The molecule has 0 radical (unpaired) electrons. The predicted octanol–water partition coefficient (Wildman–Crippen LogP) is 1.43. The number of carbonyl (C=O) groups is 1. The number of hydrogen-bond donors (Lipinski definition) is 1. The van der Waals surface area contributed by atoms with Crippen LogP contribution in [0.4, 0.5) is 0 Å². The molecule has 0 unspecified atom stereocenters. The maximum atomic E-state index is 9.86. The van der Waals surface area contributed by atoms with E-state index in [0.717, 1.165) is 16.9 Å². The van der Waals surface area contributed by atoms with E-state index in [1.165, 1.54) is 6.26 Å². The third kappa shape index (κ3) is 7.74. The van der Waals surface area contributed by atoms with Crippen molar-refractivity contribution in [3.63, 3.8) is 0 Å². The highest BCUT2D eigenvalue weighted by atomic mass is 127. The van der Waals surface area contributed by atoms with Crippen molar-refractivity contribution in [2.45, 2.75) is 6.42 Å². The van der Waals surface area contributed by atoms with Crippen molar-refractivity contribution in [3.8, 4) is 0 Å². The lowest BCUT2D eigenvalue weighted by molar-refractivity contribution is -0.131. The minimum Gasteiger partial charge on any atom is -0.501 e. The van der Waals surface area contributed by atoms with E-state index < -0.39 is 5.97 Å². The van der Waals surface area contributed by atoms with Gasteiger partial charge < -0.3 is 9.84 Å². The summed E-state index contributed by atoms with van der Waals surface area (Å²) in [5.74, 6) is -0.977. The average Bonchev–Trinajstić information content (AvgIpc) is 1.87. The summed E-state index contributed by atoms with van der Waals surface area (Å²) in [5.41, 5.74) is 0. The zero-order valence-corrected chi connectivity index (χ0v) is 7.58. The lowest BCUT2D eigenvalue weighted by Crippen LogP contribution is -1.90. The quantitative estimate of drug-likeness (QED) is 0.266. The third-order valence-corrected chi connectivity index (χ3v) is 1.47. The molecule has 10 heavy (non-hydrogen) atoms. The van der Waals surface area contributed by atoms with E-state index in [4.69, 9.17) is 9.84 Å². The molecule has 0 heterocycles. The number of carboxylic acids is 1. The molecule has 0 bridgehead atoms. The molecule has 0 aliphatic carbocycles. The first-order chi connectivity index (χ1) is 4.77. The highest BCUT2D eigenvalue weighted by Gasteiger charge is 1.84. The molecular formula is C6H9IO3. The predicted molar refractivity (Wildman–Crippen MR) is 46.2 cm³/mol. The van der Waals surface area contributed by atoms with Crippen molar-refractivity contribution in [3.05, 3.63) is 12.3 Å². The first kappa shape index (κ1) is 9.74. The third-order valence-electron chi connectivity index (χ3n) is 0.703. The van der Waals surface area contributed by atoms with Gasteiger partial charge in [-0.05, 0) is 6.42 Å². The smallest absolute Gasteiger partial charge is 0.331 e. The fourth-order valence-corrected chi connectivity index (χ4v) is 0.624. The van der Waals surface area contributed by atoms with Crippen LogP contribution in [0.5, 0.6) is 0 Å². The minimum absolute atomic E-state index is 0.590. The summed E-state index contributed by atoms with van der Waals surface area (Å²) in [7, 11) is 0. The number of ether oxygens (including phenoxy) is 1. The number of alkyl halides is 1. The van der Waals surface area contributed by atoms with Crippen molar-refractivity contribution >= 4 is 28.6 Å². The van der Waals surface area contributed by atoms with Crippen LogP contribution in [-0.4, -0.2) is 22.1 Å². The molecule has 0 rings (SSSR count). The van der Waals surface area contributed by atoms with Crippen LogP contribution in [0.3, 0.4) is 0 Å². The van der Waals surface area contributed by atoms with E-state index in [1.54, 1.807) is 0 Å². The van der Waals surface area contributed by atoms with Crippen molar-refractivity contribution in [1.82, 2.24) is 0 Å². The van der Waals surface area contributed by atoms with Crippen molar-refractivity contribution in [1.29, 1.82) is 0 Å². The van der Waals surface area contributed by atoms with E-state index in [0.29, 0.717) is 6.61 Å². The second kappa shape index (κ2) is 6.85. The maximum absolute atomic E-state index is 9.86. The first-order valence-electron chi connectivity index (χ1n) is 2.84. The largest absolute Gasteiger partial charge is 0.501 e. The summed E-state index contributed by atoms with van der Waals surface area (Å²) in [6, 6.07) is 0. The summed E-state index contributed by atoms with van der Waals surface area (Å²) in [6.07, 6.45) is 3.13. The van der Waals surface area contributed by atoms with Gasteiger partial charge in [0, 0.05) is 4.43 Å². The number of carboxylic acid groups (broad SMARTS) is 1. The van der Waals surface area contributed by atoms with Crippen molar-refractivity contribution in [2.75, 3.05) is 11.0 Å². The number of halogens is 1. The molecule has 0 spiro atoms. The molecule has 1 N–H and O–H groups in total. The van der Waals surface area contributed by atoms with E-state index in [2.05, 4.69) is 22.6 Å². The second-order valence-electron chi connectivity index (χ2n) is 1.55. The Bertz CT molecular complexity index is 122. The van der Waals surface area contributed by atoms with Crippen LogP contribution in [-0.2, 0) is 9.53 Å².